The molecule has 1 aliphatic rings. The number of sulfonamides is 1. The Labute approximate surface area is 138 Å². The van der Waals surface area contributed by atoms with Gasteiger partial charge in [0.1, 0.15) is 12.3 Å². The first kappa shape index (κ1) is 14.8. The second-order valence-corrected chi connectivity index (χ2v) is 7.53. The summed E-state index contributed by atoms with van der Waals surface area (Å²) < 4.78 is 32.9. The Balaban J connectivity index is 1.74. The number of aromatic nitrogens is 2. The zero-order valence-corrected chi connectivity index (χ0v) is 13.6. The largest absolute Gasteiger partial charge is 0.447 e. The van der Waals surface area contributed by atoms with Gasteiger partial charge in [0.05, 0.1) is 16.8 Å². The Hall–Kier alpha value is -2.79. The number of H-pyrrole nitrogens is 1. The Bertz CT molecular complexity index is 1080. The number of nitrogens with zero attached hydrogens (tertiary/aromatic N) is 2. The van der Waals surface area contributed by atoms with Gasteiger partial charge in [0.2, 0.25) is 5.03 Å². The van der Waals surface area contributed by atoms with Crippen molar-refractivity contribution in [2.75, 3.05) is 4.72 Å². The normalized spacial score (nSPS) is 14.7. The van der Waals surface area contributed by atoms with E-state index >= 15 is 0 Å². The Morgan fingerprint density at radius 3 is 2.92 bits per heavy atom. The lowest BCUT2D eigenvalue weighted by atomic mass is 10.1. The molecule has 0 radical (unpaired) electrons. The van der Waals surface area contributed by atoms with Crippen LogP contribution in [0.15, 0.2) is 34.0 Å². The van der Waals surface area contributed by atoms with E-state index in [-0.39, 0.29) is 10.9 Å². The Morgan fingerprint density at radius 1 is 1.42 bits per heavy atom. The fraction of sp³-hybridized carbons (Fsp3) is 0.250. The SMILES string of the molecule is Cc1ccc(NS(=O)(=O)c2coc(C3CC3)n2)c2[nH]cc(C#N)c12. The number of rotatable bonds is 4. The molecule has 24 heavy (non-hydrogen) atoms. The first-order valence-corrected chi connectivity index (χ1v) is 8.97. The molecule has 0 bridgehead atoms. The van der Waals surface area contributed by atoms with Crippen molar-refractivity contribution in [3.63, 3.8) is 0 Å². The fourth-order valence-corrected chi connectivity index (χ4v) is 3.65. The predicted octanol–water partition coefficient (Wildman–Crippen LogP) is 3.01. The zero-order chi connectivity index (χ0) is 16.9. The van der Waals surface area contributed by atoms with Crippen molar-refractivity contribution in [3.8, 4) is 6.07 Å². The molecule has 0 unspecified atom stereocenters. The summed E-state index contributed by atoms with van der Waals surface area (Å²) in [4.78, 5) is 7.04. The second-order valence-electron chi connectivity index (χ2n) is 5.90. The molecule has 8 heteroatoms. The minimum atomic E-state index is -3.86. The number of benzene rings is 1. The van der Waals surface area contributed by atoms with Gasteiger partial charge in [0.25, 0.3) is 10.0 Å². The van der Waals surface area contributed by atoms with E-state index < -0.39 is 10.0 Å². The molecule has 2 N–H and O–H groups in total. The highest BCUT2D eigenvalue weighted by Gasteiger charge is 2.31. The van der Waals surface area contributed by atoms with Gasteiger partial charge in [-0.15, -0.1) is 0 Å². The number of nitrogens with one attached hydrogen (secondary N) is 2. The van der Waals surface area contributed by atoms with E-state index in [1.54, 1.807) is 18.3 Å². The third kappa shape index (κ3) is 2.34. The van der Waals surface area contributed by atoms with Crippen LogP contribution in [0.1, 0.15) is 35.8 Å². The van der Waals surface area contributed by atoms with Crippen LogP contribution in [-0.2, 0) is 10.0 Å². The molecule has 7 nitrogen and oxygen atoms in total. The molecule has 2 aromatic heterocycles. The molecule has 0 atom stereocenters. The summed E-state index contributed by atoms with van der Waals surface area (Å²) in [6, 6.07) is 5.53. The highest BCUT2D eigenvalue weighted by atomic mass is 32.2. The van der Waals surface area contributed by atoms with Gasteiger partial charge in [-0.1, -0.05) is 6.07 Å². The number of hydrogen-bond donors (Lipinski definition) is 2. The van der Waals surface area contributed by atoms with E-state index in [2.05, 4.69) is 20.8 Å². The summed E-state index contributed by atoms with van der Waals surface area (Å²) in [5.41, 5.74) is 2.30. The van der Waals surface area contributed by atoms with Crippen molar-refractivity contribution < 1.29 is 12.8 Å². The number of oxazole rings is 1. The zero-order valence-electron chi connectivity index (χ0n) is 12.8. The molecule has 122 valence electrons. The summed E-state index contributed by atoms with van der Waals surface area (Å²) in [6.45, 7) is 1.87. The topological polar surface area (TPSA) is 112 Å². The molecule has 1 aromatic carbocycles. The van der Waals surface area contributed by atoms with Gasteiger partial charge >= 0.3 is 0 Å². The lowest BCUT2D eigenvalue weighted by Gasteiger charge is -2.08. The maximum atomic E-state index is 12.6. The van der Waals surface area contributed by atoms with E-state index in [0.717, 1.165) is 24.7 Å². The maximum Gasteiger partial charge on any atom is 0.282 e. The van der Waals surface area contributed by atoms with Crippen LogP contribution < -0.4 is 4.72 Å². The quantitative estimate of drug-likeness (QED) is 0.757. The van der Waals surface area contributed by atoms with Gasteiger partial charge < -0.3 is 9.40 Å². The van der Waals surface area contributed by atoms with Crippen molar-refractivity contribution in [2.24, 2.45) is 0 Å². The maximum absolute atomic E-state index is 12.6. The molecular weight excluding hydrogens is 328 g/mol. The first-order chi connectivity index (χ1) is 11.5. The molecule has 1 fully saturated rings. The van der Waals surface area contributed by atoms with Gasteiger partial charge in [-0.3, -0.25) is 4.72 Å². The van der Waals surface area contributed by atoms with E-state index in [9.17, 15) is 13.7 Å². The van der Waals surface area contributed by atoms with Crippen LogP contribution in [0.2, 0.25) is 0 Å². The minimum absolute atomic E-state index is 0.134. The number of anilines is 1. The van der Waals surface area contributed by atoms with Crippen LogP contribution in [0.3, 0.4) is 0 Å². The van der Waals surface area contributed by atoms with Crippen LogP contribution in [0.4, 0.5) is 5.69 Å². The smallest absolute Gasteiger partial charge is 0.282 e. The van der Waals surface area contributed by atoms with E-state index in [0.29, 0.717) is 28.0 Å². The van der Waals surface area contributed by atoms with Crippen molar-refractivity contribution in [3.05, 3.63) is 41.6 Å². The van der Waals surface area contributed by atoms with Crippen LogP contribution in [-0.4, -0.2) is 18.4 Å². The predicted molar refractivity (Wildman–Crippen MR) is 87.0 cm³/mol. The molecule has 1 aliphatic carbocycles. The molecule has 3 aromatic rings. The summed E-state index contributed by atoms with van der Waals surface area (Å²) >= 11 is 0. The third-order valence-electron chi connectivity index (χ3n) is 4.11. The Kier molecular flexibility index (Phi) is 3.15. The lowest BCUT2D eigenvalue weighted by molar-refractivity contribution is 0.496. The van der Waals surface area contributed by atoms with Crippen LogP contribution in [0, 0.1) is 18.3 Å². The van der Waals surface area contributed by atoms with Gasteiger partial charge in [0, 0.05) is 17.5 Å². The van der Waals surface area contributed by atoms with Crippen molar-refractivity contribution in [1.82, 2.24) is 9.97 Å². The monoisotopic (exact) mass is 342 g/mol. The molecule has 4 rings (SSSR count). The van der Waals surface area contributed by atoms with E-state index in [1.165, 1.54) is 0 Å². The summed E-state index contributed by atoms with van der Waals surface area (Å²) in [5.74, 6) is 0.706. The van der Waals surface area contributed by atoms with E-state index in [1.807, 2.05) is 6.92 Å². The van der Waals surface area contributed by atoms with Crippen LogP contribution in [0.25, 0.3) is 10.9 Å². The lowest BCUT2D eigenvalue weighted by Crippen LogP contribution is -2.13. The number of aromatic amines is 1. The highest BCUT2D eigenvalue weighted by Crippen LogP contribution is 2.39. The molecule has 0 saturated heterocycles. The fourth-order valence-electron chi connectivity index (χ4n) is 2.70. The molecule has 0 amide bonds. The van der Waals surface area contributed by atoms with Crippen molar-refractivity contribution in [1.29, 1.82) is 5.26 Å². The van der Waals surface area contributed by atoms with Crippen LogP contribution in [0.5, 0.6) is 0 Å². The van der Waals surface area contributed by atoms with Crippen molar-refractivity contribution in [2.45, 2.75) is 30.7 Å². The summed E-state index contributed by atoms with van der Waals surface area (Å²) in [6.07, 6.45) is 4.68. The number of nitriles is 1. The summed E-state index contributed by atoms with van der Waals surface area (Å²) in [5, 5.41) is 9.75. The van der Waals surface area contributed by atoms with Gasteiger partial charge in [-0.05, 0) is 31.4 Å². The molecular formula is C16H14N4O3S. The average Bonchev–Trinajstić information content (AvgIpc) is 3.12. The standard InChI is InChI=1S/C16H14N4O3S/c1-9-2-5-12(15-14(9)11(6-17)7-18-15)20-24(21,22)13-8-23-16(19-13)10-3-4-10/h2,5,7-8,10,18,20H,3-4H2,1H3. The average molecular weight is 342 g/mol. The number of hydrogen-bond acceptors (Lipinski definition) is 5. The molecule has 0 spiro atoms. The third-order valence-corrected chi connectivity index (χ3v) is 5.34. The summed E-state index contributed by atoms with van der Waals surface area (Å²) in [7, 11) is -3.86. The number of aryl methyl sites for hydroxylation is 1. The first-order valence-electron chi connectivity index (χ1n) is 7.48. The van der Waals surface area contributed by atoms with Gasteiger partial charge in [-0.2, -0.15) is 18.7 Å². The Morgan fingerprint density at radius 2 is 2.21 bits per heavy atom. The van der Waals surface area contributed by atoms with Crippen molar-refractivity contribution >= 4 is 26.6 Å². The molecule has 2 heterocycles. The second kappa shape index (κ2) is 5.11. The number of fused-ring (bicyclic) bond motifs is 1. The molecule has 0 aliphatic heterocycles. The molecule has 1 saturated carbocycles. The highest BCUT2D eigenvalue weighted by molar-refractivity contribution is 7.92. The van der Waals surface area contributed by atoms with Gasteiger partial charge in [-0.25, -0.2) is 0 Å². The minimum Gasteiger partial charge on any atom is -0.447 e. The van der Waals surface area contributed by atoms with E-state index in [4.69, 9.17) is 4.42 Å². The van der Waals surface area contributed by atoms with Gasteiger partial charge in [0.15, 0.2) is 5.89 Å². The van der Waals surface area contributed by atoms with Crippen LogP contribution >= 0.6 is 0 Å².